The molecule has 0 radical (unpaired) electrons. The molecule has 1 saturated heterocycles. The highest BCUT2D eigenvalue weighted by Gasteiger charge is 2.51. The number of hydrogen-bond donors (Lipinski definition) is 0. The van der Waals surface area contributed by atoms with Crippen LogP contribution in [0.3, 0.4) is 0 Å². The van der Waals surface area contributed by atoms with E-state index in [4.69, 9.17) is 9.84 Å². The highest BCUT2D eigenvalue weighted by Crippen LogP contribution is 2.50. The Morgan fingerprint density at radius 3 is 2.59 bits per heavy atom. The van der Waals surface area contributed by atoms with Crippen molar-refractivity contribution >= 4 is 16.5 Å². The molecular weight excluding hydrogens is 358 g/mol. The molecule has 3 aliphatic rings. The molecule has 6 rings (SSSR count). The van der Waals surface area contributed by atoms with Crippen LogP contribution in [-0.4, -0.2) is 41.5 Å². The molecule has 0 bridgehead atoms. The number of hydrogen-bond acceptors (Lipinski definition) is 4. The van der Waals surface area contributed by atoms with Gasteiger partial charge in [-0.2, -0.15) is 5.10 Å². The fourth-order valence-corrected chi connectivity index (χ4v) is 5.17. The topological polar surface area (TPSA) is 28.1 Å². The smallest absolute Gasteiger partial charge is 0.200 e. The van der Waals surface area contributed by atoms with Crippen molar-refractivity contribution in [1.82, 2.24) is 9.91 Å². The molecule has 1 fully saturated rings. The summed E-state index contributed by atoms with van der Waals surface area (Å²) in [4.78, 5) is 2.38. The van der Waals surface area contributed by atoms with Crippen LogP contribution in [0.2, 0.25) is 0 Å². The molecule has 0 aromatic heterocycles. The Morgan fingerprint density at radius 2 is 1.69 bits per heavy atom. The lowest BCUT2D eigenvalue weighted by Crippen LogP contribution is -2.58. The van der Waals surface area contributed by atoms with E-state index in [0.717, 1.165) is 38.1 Å². The standard InChI is InChI=1S/C25H25N3O/c1-27-15-13-25(14-16-27)28-23(21-10-4-5-12-24(21)29-25)17-22(26-28)20-11-6-8-18-7-2-3-9-19(18)20/h2-12,23H,13-17H2,1H3. The Labute approximate surface area is 171 Å². The molecule has 1 spiro atoms. The SMILES string of the molecule is CN1CCC2(CC1)Oc1ccccc1C1CC(c3cccc4ccccc34)=NN12. The minimum atomic E-state index is -0.335. The first-order valence-electron chi connectivity index (χ1n) is 10.5. The lowest BCUT2D eigenvalue weighted by Gasteiger charge is -2.50. The number of para-hydroxylation sites is 1. The van der Waals surface area contributed by atoms with Crippen LogP contribution < -0.4 is 4.74 Å². The summed E-state index contributed by atoms with van der Waals surface area (Å²) < 4.78 is 6.69. The molecule has 0 amide bonds. The van der Waals surface area contributed by atoms with E-state index in [-0.39, 0.29) is 11.8 Å². The monoisotopic (exact) mass is 383 g/mol. The third-order valence-corrected chi connectivity index (χ3v) is 6.77. The summed E-state index contributed by atoms with van der Waals surface area (Å²) in [6, 6.07) is 23.9. The lowest BCUT2D eigenvalue weighted by atomic mass is 9.90. The van der Waals surface area contributed by atoms with Crippen LogP contribution in [-0.2, 0) is 0 Å². The second-order valence-electron chi connectivity index (χ2n) is 8.53. The van der Waals surface area contributed by atoms with Crippen molar-refractivity contribution in [1.29, 1.82) is 0 Å². The zero-order valence-corrected chi connectivity index (χ0v) is 16.7. The van der Waals surface area contributed by atoms with Gasteiger partial charge < -0.3 is 9.64 Å². The van der Waals surface area contributed by atoms with E-state index in [1.807, 2.05) is 0 Å². The van der Waals surface area contributed by atoms with Gasteiger partial charge in [-0.1, -0.05) is 60.7 Å². The van der Waals surface area contributed by atoms with Gasteiger partial charge in [-0.15, -0.1) is 0 Å². The first-order chi connectivity index (χ1) is 14.2. The quantitative estimate of drug-likeness (QED) is 0.604. The van der Waals surface area contributed by atoms with Crippen molar-refractivity contribution in [2.45, 2.75) is 31.0 Å². The highest BCUT2D eigenvalue weighted by atomic mass is 16.5. The van der Waals surface area contributed by atoms with Crippen LogP contribution in [0.25, 0.3) is 10.8 Å². The van der Waals surface area contributed by atoms with Gasteiger partial charge in [0.2, 0.25) is 5.72 Å². The van der Waals surface area contributed by atoms with E-state index < -0.39 is 0 Å². The van der Waals surface area contributed by atoms with Crippen LogP contribution in [0.15, 0.2) is 71.8 Å². The van der Waals surface area contributed by atoms with Crippen molar-refractivity contribution in [2.24, 2.45) is 5.10 Å². The molecule has 4 heteroatoms. The van der Waals surface area contributed by atoms with E-state index in [1.54, 1.807) is 0 Å². The maximum atomic E-state index is 6.69. The minimum Gasteiger partial charge on any atom is -0.466 e. The Bertz CT molecular complexity index is 1110. The predicted molar refractivity (Wildman–Crippen MR) is 116 cm³/mol. The Hall–Kier alpha value is -2.85. The number of likely N-dealkylation sites (tertiary alicyclic amines) is 1. The van der Waals surface area contributed by atoms with Gasteiger partial charge in [0, 0.05) is 43.5 Å². The predicted octanol–water partition coefficient (Wildman–Crippen LogP) is 4.81. The first-order valence-corrected chi connectivity index (χ1v) is 10.5. The first kappa shape index (κ1) is 17.0. The molecule has 0 saturated carbocycles. The number of nitrogens with zero attached hydrogens (tertiary/aromatic N) is 3. The molecule has 0 N–H and O–H groups in total. The average Bonchev–Trinajstić information content (AvgIpc) is 3.22. The van der Waals surface area contributed by atoms with Gasteiger partial charge in [-0.3, -0.25) is 0 Å². The summed E-state index contributed by atoms with van der Waals surface area (Å²) in [5, 5.41) is 10.1. The number of rotatable bonds is 1. The average molecular weight is 383 g/mol. The molecule has 4 nitrogen and oxygen atoms in total. The Morgan fingerprint density at radius 1 is 0.931 bits per heavy atom. The van der Waals surface area contributed by atoms with Crippen LogP contribution in [0.5, 0.6) is 5.75 Å². The maximum Gasteiger partial charge on any atom is 0.200 e. The van der Waals surface area contributed by atoms with E-state index in [0.29, 0.717) is 0 Å². The van der Waals surface area contributed by atoms with Crippen molar-refractivity contribution in [2.75, 3.05) is 20.1 Å². The van der Waals surface area contributed by atoms with Gasteiger partial charge in [0.25, 0.3) is 0 Å². The Kier molecular flexibility index (Phi) is 3.72. The van der Waals surface area contributed by atoms with E-state index in [9.17, 15) is 0 Å². The summed E-state index contributed by atoms with van der Waals surface area (Å²) in [7, 11) is 2.19. The normalized spacial score (nSPS) is 22.9. The van der Waals surface area contributed by atoms with Crippen LogP contribution >= 0.6 is 0 Å². The van der Waals surface area contributed by atoms with E-state index in [2.05, 4.69) is 83.7 Å². The number of benzene rings is 3. The second-order valence-corrected chi connectivity index (χ2v) is 8.53. The summed E-state index contributed by atoms with van der Waals surface area (Å²) in [5.74, 6) is 1.03. The molecule has 3 aliphatic heterocycles. The summed E-state index contributed by atoms with van der Waals surface area (Å²) in [5.41, 5.74) is 3.34. The number of hydrazone groups is 1. The van der Waals surface area contributed by atoms with Crippen LogP contribution in [0, 0.1) is 0 Å². The highest BCUT2D eigenvalue weighted by molar-refractivity contribution is 6.11. The van der Waals surface area contributed by atoms with E-state index in [1.165, 1.54) is 27.6 Å². The van der Waals surface area contributed by atoms with Crippen molar-refractivity contribution in [3.8, 4) is 5.75 Å². The molecule has 0 aliphatic carbocycles. The van der Waals surface area contributed by atoms with Crippen LogP contribution in [0.4, 0.5) is 0 Å². The number of piperidine rings is 1. The second kappa shape index (κ2) is 6.33. The van der Waals surface area contributed by atoms with Gasteiger partial charge in [0.15, 0.2) is 0 Å². The van der Waals surface area contributed by atoms with Gasteiger partial charge in [0.1, 0.15) is 5.75 Å². The summed E-state index contributed by atoms with van der Waals surface area (Å²) >= 11 is 0. The Balaban J connectivity index is 1.48. The van der Waals surface area contributed by atoms with Crippen molar-refractivity contribution in [3.05, 3.63) is 77.9 Å². The van der Waals surface area contributed by atoms with Gasteiger partial charge in [0.05, 0.1) is 11.8 Å². The van der Waals surface area contributed by atoms with E-state index >= 15 is 0 Å². The fourth-order valence-electron chi connectivity index (χ4n) is 5.17. The molecule has 3 aromatic carbocycles. The number of ether oxygens (including phenoxy) is 1. The summed E-state index contributed by atoms with van der Waals surface area (Å²) in [6.45, 7) is 2.06. The van der Waals surface area contributed by atoms with Crippen molar-refractivity contribution < 1.29 is 4.74 Å². The molecule has 3 aromatic rings. The fraction of sp³-hybridized carbons (Fsp3) is 0.320. The zero-order chi connectivity index (χ0) is 19.4. The third-order valence-electron chi connectivity index (χ3n) is 6.77. The maximum absolute atomic E-state index is 6.69. The van der Waals surface area contributed by atoms with Gasteiger partial charge in [-0.25, -0.2) is 5.01 Å². The molecule has 1 unspecified atom stereocenters. The van der Waals surface area contributed by atoms with Gasteiger partial charge >= 0.3 is 0 Å². The van der Waals surface area contributed by atoms with Crippen molar-refractivity contribution in [3.63, 3.8) is 0 Å². The van der Waals surface area contributed by atoms with Gasteiger partial charge in [-0.05, 0) is 23.9 Å². The largest absolute Gasteiger partial charge is 0.466 e. The molecule has 29 heavy (non-hydrogen) atoms. The lowest BCUT2D eigenvalue weighted by molar-refractivity contribution is -0.147. The minimum absolute atomic E-state index is 0.248. The molecule has 146 valence electrons. The zero-order valence-electron chi connectivity index (χ0n) is 16.7. The molecule has 3 heterocycles. The third kappa shape index (κ3) is 2.59. The molecular formula is C25H25N3O. The summed E-state index contributed by atoms with van der Waals surface area (Å²) in [6.07, 6.45) is 2.87. The number of fused-ring (bicyclic) bond motifs is 5. The molecule has 1 atom stereocenters. The van der Waals surface area contributed by atoms with Crippen LogP contribution in [0.1, 0.15) is 36.4 Å².